The number of aliphatic hydroxyl groups excluding tert-OH is 1. The molecule has 0 saturated carbocycles. The van der Waals surface area contributed by atoms with Crippen molar-refractivity contribution >= 4 is 16.6 Å². The zero-order valence-electron chi connectivity index (χ0n) is 14.1. The maximum atomic E-state index is 12.9. The van der Waals surface area contributed by atoms with E-state index in [4.69, 9.17) is 9.84 Å². The van der Waals surface area contributed by atoms with Gasteiger partial charge >= 0.3 is 0 Å². The molecule has 0 aliphatic heterocycles. The Kier molecular flexibility index (Phi) is 5.26. The van der Waals surface area contributed by atoms with Crippen LogP contribution in [0.2, 0.25) is 0 Å². The number of allylic oxidation sites excluding steroid dienone is 1. The van der Waals surface area contributed by atoms with Gasteiger partial charge in [-0.25, -0.2) is 0 Å². The van der Waals surface area contributed by atoms with E-state index >= 15 is 0 Å². The second kappa shape index (κ2) is 7.77. The van der Waals surface area contributed by atoms with E-state index in [-0.39, 0.29) is 19.0 Å². The number of ketones is 1. The van der Waals surface area contributed by atoms with Crippen LogP contribution in [0.1, 0.15) is 22.8 Å². The lowest BCUT2D eigenvalue weighted by Gasteiger charge is -2.11. The number of hydrogen-bond donors (Lipinski definition) is 1. The lowest BCUT2D eigenvalue weighted by Crippen LogP contribution is -2.12. The molecule has 3 aromatic rings. The predicted molar refractivity (Wildman–Crippen MR) is 99.9 cm³/mol. The van der Waals surface area contributed by atoms with E-state index in [2.05, 4.69) is 0 Å². The van der Waals surface area contributed by atoms with E-state index in [0.717, 1.165) is 16.3 Å². The smallest absolute Gasteiger partial charge is 0.192 e. The first kappa shape index (κ1) is 16.9. The average Bonchev–Trinajstić information content (AvgIpc) is 2.68. The van der Waals surface area contributed by atoms with Crippen LogP contribution in [-0.4, -0.2) is 17.5 Å². The summed E-state index contributed by atoms with van der Waals surface area (Å²) in [5.41, 5.74) is 2.12. The average molecular weight is 332 g/mol. The van der Waals surface area contributed by atoms with Crippen LogP contribution in [0.15, 0.2) is 78.4 Å². The number of Topliss-reactive ketones (excluding diaryl/α,β-unsaturated/α-hetero) is 1. The van der Waals surface area contributed by atoms with Crippen LogP contribution >= 0.6 is 0 Å². The van der Waals surface area contributed by atoms with Crippen molar-refractivity contribution in [2.45, 2.75) is 13.5 Å². The molecule has 0 atom stereocenters. The molecule has 0 aromatic heterocycles. The molecule has 0 bridgehead atoms. The second-order valence-electron chi connectivity index (χ2n) is 5.76. The fourth-order valence-corrected chi connectivity index (χ4v) is 2.73. The van der Waals surface area contributed by atoms with Gasteiger partial charge in [0, 0.05) is 11.1 Å². The number of carbonyl (C=O) groups is 1. The van der Waals surface area contributed by atoms with Crippen LogP contribution in [-0.2, 0) is 6.61 Å². The van der Waals surface area contributed by atoms with Crippen molar-refractivity contribution in [3.8, 4) is 5.75 Å². The highest BCUT2D eigenvalue weighted by atomic mass is 16.5. The van der Waals surface area contributed by atoms with Gasteiger partial charge in [0.25, 0.3) is 0 Å². The van der Waals surface area contributed by atoms with Crippen molar-refractivity contribution in [3.63, 3.8) is 0 Å². The van der Waals surface area contributed by atoms with E-state index < -0.39 is 0 Å². The molecule has 0 spiro atoms. The molecule has 126 valence electrons. The van der Waals surface area contributed by atoms with Gasteiger partial charge in [-0.05, 0) is 35.4 Å². The Morgan fingerprint density at radius 3 is 2.44 bits per heavy atom. The molecule has 0 fully saturated rings. The van der Waals surface area contributed by atoms with E-state index in [0.29, 0.717) is 16.9 Å². The quantitative estimate of drug-likeness (QED) is 0.532. The van der Waals surface area contributed by atoms with Gasteiger partial charge in [-0.3, -0.25) is 4.79 Å². The monoisotopic (exact) mass is 332 g/mol. The van der Waals surface area contributed by atoms with Gasteiger partial charge in [-0.1, -0.05) is 60.7 Å². The van der Waals surface area contributed by atoms with Gasteiger partial charge in [0.1, 0.15) is 12.4 Å². The minimum atomic E-state index is -0.0220. The summed E-state index contributed by atoms with van der Waals surface area (Å²) in [5, 5.41) is 11.1. The minimum Gasteiger partial charge on any atom is -0.489 e. The summed E-state index contributed by atoms with van der Waals surface area (Å²) in [6, 6.07) is 20.8. The Morgan fingerprint density at radius 1 is 1.00 bits per heavy atom. The van der Waals surface area contributed by atoms with Crippen molar-refractivity contribution < 1.29 is 14.6 Å². The molecule has 0 saturated heterocycles. The van der Waals surface area contributed by atoms with Crippen molar-refractivity contribution in [3.05, 3.63) is 89.5 Å². The summed E-state index contributed by atoms with van der Waals surface area (Å²) in [6.07, 6.45) is 1.80. The molecule has 25 heavy (non-hydrogen) atoms. The van der Waals surface area contributed by atoms with Crippen LogP contribution in [0.25, 0.3) is 10.8 Å². The van der Waals surface area contributed by atoms with Gasteiger partial charge < -0.3 is 9.84 Å². The molecule has 3 aromatic carbocycles. The van der Waals surface area contributed by atoms with Gasteiger partial charge in [0.05, 0.1) is 6.61 Å². The normalized spacial score (nSPS) is 11.5. The third-order valence-electron chi connectivity index (χ3n) is 4.17. The van der Waals surface area contributed by atoms with Crippen LogP contribution in [0.4, 0.5) is 0 Å². The highest BCUT2D eigenvalue weighted by molar-refractivity contribution is 6.16. The zero-order chi connectivity index (χ0) is 17.6. The molecule has 0 radical (unpaired) electrons. The lowest BCUT2D eigenvalue weighted by atomic mass is 9.97. The summed E-state index contributed by atoms with van der Waals surface area (Å²) in [5.74, 6) is 0.647. The topological polar surface area (TPSA) is 46.5 Å². The first-order valence-corrected chi connectivity index (χ1v) is 8.23. The maximum Gasteiger partial charge on any atom is 0.192 e. The van der Waals surface area contributed by atoms with Crippen LogP contribution in [0, 0.1) is 0 Å². The standard InChI is InChI=1S/C22H20O3/c1-2-17(15-25-19-12-10-16(14-23)11-13-19)22(24)21-9-5-7-18-6-3-4-8-20(18)21/h2-13,23H,14-15H2,1H3/b17-2-. The fraction of sp³-hybridized carbons (Fsp3) is 0.136. The molecule has 3 rings (SSSR count). The third kappa shape index (κ3) is 3.78. The maximum absolute atomic E-state index is 12.9. The van der Waals surface area contributed by atoms with Crippen LogP contribution in [0.5, 0.6) is 5.75 Å². The summed E-state index contributed by atoms with van der Waals surface area (Å²) in [7, 11) is 0. The van der Waals surface area contributed by atoms with Gasteiger partial charge in [-0.2, -0.15) is 0 Å². The zero-order valence-corrected chi connectivity index (χ0v) is 14.1. The number of rotatable bonds is 6. The summed E-state index contributed by atoms with van der Waals surface area (Å²) in [6.45, 7) is 2.05. The van der Waals surface area contributed by atoms with Crippen molar-refractivity contribution in [1.29, 1.82) is 0 Å². The molecule has 3 nitrogen and oxygen atoms in total. The molecule has 0 heterocycles. The Balaban J connectivity index is 1.79. The SMILES string of the molecule is C/C=C(/COc1ccc(CO)cc1)C(=O)c1cccc2ccccc12. The first-order chi connectivity index (χ1) is 12.2. The molecule has 0 unspecified atom stereocenters. The largest absolute Gasteiger partial charge is 0.489 e. The molecule has 0 amide bonds. The van der Waals surface area contributed by atoms with E-state index in [9.17, 15) is 4.79 Å². The number of benzene rings is 3. The Labute approximate surface area is 147 Å². The van der Waals surface area contributed by atoms with Gasteiger partial charge in [-0.15, -0.1) is 0 Å². The fourth-order valence-electron chi connectivity index (χ4n) is 2.73. The number of fused-ring (bicyclic) bond motifs is 1. The van der Waals surface area contributed by atoms with E-state index in [1.807, 2.05) is 49.4 Å². The lowest BCUT2D eigenvalue weighted by molar-refractivity contribution is 0.102. The van der Waals surface area contributed by atoms with E-state index in [1.165, 1.54) is 0 Å². The summed E-state index contributed by atoms with van der Waals surface area (Å²) >= 11 is 0. The Bertz CT molecular complexity index is 903. The number of carbonyl (C=O) groups excluding carboxylic acids is 1. The minimum absolute atomic E-state index is 0.0000395. The van der Waals surface area contributed by atoms with E-state index in [1.54, 1.807) is 30.3 Å². The van der Waals surface area contributed by atoms with Gasteiger partial charge in [0.15, 0.2) is 5.78 Å². The number of hydrogen-bond acceptors (Lipinski definition) is 3. The Hall–Kier alpha value is -2.91. The predicted octanol–water partition coefficient (Wildman–Crippen LogP) is 4.54. The van der Waals surface area contributed by atoms with Crippen molar-refractivity contribution in [2.24, 2.45) is 0 Å². The highest BCUT2D eigenvalue weighted by Crippen LogP contribution is 2.22. The number of ether oxygens (including phenoxy) is 1. The summed E-state index contributed by atoms with van der Waals surface area (Å²) in [4.78, 5) is 12.9. The van der Waals surface area contributed by atoms with Crippen molar-refractivity contribution in [2.75, 3.05) is 6.61 Å². The molecular weight excluding hydrogens is 312 g/mol. The van der Waals surface area contributed by atoms with Gasteiger partial charge in [0.2, 0.25) is 0 Å². The molecule has 3 heteroatoms. The highest BCUT2D eigenvalue weighted by Gasteiger charge is 2.15. The van der Waals surface area contributed by atoms with Crippen LogP contribution < -0.4 is 4.74 Å². The number of aliphatic hydroxyl groups is 1. The third-order valence-corrected chi connectivity index (χ3v) is 4.17. The summed E-state index contributed by atoms with van der Waals surface area (Å²) < 4.78 is 5.74. The van der Waals surface area contributed by atoms with Crippen molar-refractivity contribution in [1.82, 2.24) is 0 Å². The van der Waals surface area contributed by atoms with Crippen LogP contribution in [0.3, 0.4) is 0 Å². The molecule has 0 aliphatic carbocycles. The molecule has 1 N–H and O–H groups in total. The second-order valence-corrected chi connectivity index (χ2v) is 5.76. The Morgan fingerprint density at radius 2 is 1.72 bits per heavy atom. The molecule has 0 aliphatic rings. The molecular formula is C22H20O3. The first-order valence-electron chi connectivity index (χ1n) is 8.23.